The Morgan fingerprint density at radius 1 is 1.13 bits per heavy atom. The Hall–Kier alpha value is -3.25. The van der Waals surface area contributed by atoms with Gasteiger partial charge in [-0.05, 0) is 87.3 Å². The van der Waals surface area contributed by atoms with Gasteiger partial charge in [-0.25, -0.2) is 17.6 Å². The van der Waals surface area contributed by atoms with Crippen LogP contribution in [-0.2, 0) is 25.8 Å². The first kappa shape index (κ1) is 27.8. The maximum absolute atomic E-state index is 15.0. The number of sulfone groups is 1. The van der Waals surface area contributed by atoms with Crippen LogP contribution in [-0.4, -0.2) is 49.1 Å². The van der Waals surface area contributed by atoms with Gasteiger partial charge in [-0.1, -0.05) is 24.3 Å². The summed E-state index contributed by atoms with van der Waals surface area (Å²) in [6.45, 7) is 5.35. The normalized spacial score (nSPS) is 21.7. The molecule has 0 radical (unpaired) electrons. The highest BCUT2D eigenvalue weighted by Crippen LogP contribution is 2.44. The number of benzene rings is 2. The van der Waals surface area contributed by atoms with Gasteiger partial charge in [-0.15, -0.1) is 0 Å². The molecule has 4 atom stereocenters. The lowest BCUT2D eigenvalue weighted by molar-refractivity contribution is -0.126. The fraction of sp³-hybridized carbons (Fsp3) is 0.483. The average Bonchev–Trinajstić information content (AvgIpc) is 3.45. The van der Waals surface area contributed by atoms with Crippen LogP contribution < -0.4 is 0 Å². The minimum absolute atomic E-state index is 0.0270. The van der Waals surface area contributed by atoms with Crippen molar-refractivity contribution >= 4 is 21.7 Å². The van der Waals surface area contributed by atoms with Gasteiger partial charge in [0.05, 0.1) is 22.9 Å². The number of fused-ring (bicyclic) bond motifs is 2. The van der Waals surface area contributed by atoms with Crippen molar-refractivity contribution in [3.8, 4) is 17.2 Å². The highest BCUT2D eigenvalue weighted by molar-refractivity contribution is 7.90. The van der Waals surface area contributed by atoms with Gasteiger partial charge in [-0.3, -0.25) is 9.69 Å². The molecular formula is C29H33FN2O5S. The molecule has 0 aromatic heterocycles. The van der Waals surface area contributed by atoms with Crippen LogP contribution in [0.3, 0.4) is 0 Å². The molecule has 2 aromatic rings. The van der Waals surface area contributed by atoms with Gasteiger partial charge in [0.1, 0.15) is 11.4 Å². The molecule has 2 fully saturated rings. The molecule has 2 aliphatic rings. The van der Waals surface area contributed by atoms with Crippen LogP contribution in [0.25, 0.3) is 11.1 Å². The number of Topliss-reactive ketones (excluding diaryl/α,β-unsaturated/α-hetero) is 1. The summed E-state index contributed by atoms with van der Waals surface area (Å²) in [6, 6.07) is 12.4. The lowest BCUT2D eigenvalue weighted by Gasteiger charge is -2.35. The van der Waals surface area contributed by atoms with Crippen molar-refractivity contribution in [2.45, 2.75) is 75.5 Å². The fourth-order valence-electron chi connectivity index (χ4n) is 5.56. The standard InChI is InChI=1S/C29H33FN2O5S/c1-29(2,3)37-28(34)32-23-10-7-22(15-23)27(32)26(33)14-18(17-31)13-21-6-5-20(16-25(21)30)19-8-11-24(12-9-19)38(4,35)36/h5-6,8-9,11-12,16,18,22-23,27H,7,10,13-15H2,1-4H3/t18?,22-,23+,27-/m0/s1. The predicted molar refractivity (Wildman–Crippen MR) is 140 cm³/mol. The number of hydrogen-bond donors (Lipinski definition) is 0. The van der Waals surface area contributed by atoms with Crippen LogP contribution in [0.4, 0.5) is 9.18 Å². The quantitative estimate of drug-likeness (QED) is 0.470. The molecule has 1 heterocycles. The van der Waals surface area contributed by atoms with E-state index >= 15 is 4.39 Å². The number of nitrogens with zero attached hydrogens (tertiary/aromatic N) is 2. The molecule has 7 nitrogen and oxygen atoms in total. The maximum Gasteiger partial charge on any atom is 0.411 e. The van der Waals surface area contributed by atoms with E-state index in [9.17, 15) is 23.3 Å². The molecule has 2 bridgehead atoms. The van der Waals surface area contributed by atoms with Crippen molar-refractivity contribution in [3.63, 3.8) is 0 Å². The van der Waals surface area contributed by atoms with E-state index in [0.717, 1.165) is 25.5 Å². The van der Waals surface area contributed by atoms with E-state index in [-0.39, 0.29) is 35.5 Å². The molecular weight excluding hydrogens is 507 g/mol. The minimum atomic E-state index is -3.33. The third-order valence-electron chi connectivity index (χ3n) is 7.28. The second kappa shape index (κ2) is 10.5. The Kier molecular flexibility index (Phi) is 7.67. The number of likely N-dealkylation sites (tertiary alicyclic amines) is 1. The zero-order valence-corrected chi connectivity index (χ0v) is 22.9. The molecule has 1 saturated heterocycles. The average molecular weight is 541 g/mol. The van der Waals surface area contributed by atoms with Crippen LogP contribution in [0, 0.1) is 29.0 Å². The number of ketones is 1. The smallest absolute Gasteiger partial charge is 0.411 e. The molecule has 1 amide bonds. The summed E-state index contributed by atoms with van der Waals surface area (Å²) < 4.78 is 43.9. The van der Waals surface area contributed by atoms with E-state index in [1.807, 2.05) is 0 Å². The molecule has 1 unspecified atom stereocenters. The fourth-order valence-corrected chi connectivity index (χ4v) is 6.19. The topological polar surface area (TPSA) is 105 Å². The third-order valence-corrected chi connectivity index (χ3v) is 8.41. The summed E-state index contributed by atoms with van der Waals surface area (Å²) in [6.07, 6.45) is 3.07. The van der Waals surface area contributed by atoms with Crippen LogP contribution in [0.5, 0.6) is 0 Å². The van der Waals surface area contributed by atoms with Gasteiger partial charge in [-0.2, -0.15) is 5.26 Å². The van der Waals surface area contributed by atoms with Crippen molar-refractivity contribution < 1.29 is 27.1 Å². The molecule has 1 saturated carbocycles. The number of carbonyl (C=O) groups is 2. The Balaban J connectivity index is 1.45. The molecule has 1 aliphatic heterocycles. The first-order valence-electron chi connectivity index (χ1n) is 12.8. The number of nitriles is 1. The summed E-state index contributed by atoms with van der Waals surface area (Å²) in [5.41, 5.74) is 0.873. The molecule has 202 valence electrons. The van der Waals surface area contributed by atoms with Crippen molar-refractivity contribution in [1.29, 1.82) is 5.26 Å². The van der Waals surface area contributed by atoms with Crippen LogP contribution >= 0.6 is 0 Å². The van der Waals surface area contributed by atoms with E-state index < -0.39 is 39.3 Å². The molecule has 38 heavy (non-hydrogen) atoms. The molecule has 1 aliphatic carbocycles. The molecule has 0 N–H and O–H groups in total. The van der Waals surface area contributed by atoms with E-state index in [1.165, 1.54) is 18.2 Å². The highest BCUT2D eigenvalue weighted by atomic mass is 32.2. The summed E-state index contributed by atoms with van der Waals surface area (Å²) >= 11 is 0. The van der Waals surface area contributed by atoms with Gasteiger partial charge in [0.25, 0.3) is 0 Å². The SMILES string of the molecule is CC(C)(C)OC(=O)N1[C@@H]2CC[C@@H](C2)[C@H]1C(=O)CC(C#N)Cc1ccc(-c2ccc(S(C)(=O)=O)cc2)cc1F. The van der Waals surface area contributed by atoms with Gasteiger partial charge in [0, 0.05) is 18.7 Å². The van der Waals surface area contributed by atoms with Gasteiger partial charge >= 0.3 is 6.09 Å². The maximum atomic E-state index is 15.0. The lowest BCUT2D eigenvalue weighted by atomic mass is 9.87. The van der Waals surface area contributed by atoms with Gasteiger partial charge in [0.15, 0.2) is 15.6 Å². The first-order valence-corrected chi connectivity index (χ1v) is 14.7. The lowest BCUT2D eigenvalue weighted by Crippen LogP contribution is -2.51. The summed E-state index contributed by atoms with van der Waals surface area (Å²) in [5, 5.41) is 9.78. The Labute approximate surface area is 223 Å². The number of ether oxygens (including phenoxy) is 1. The van der Waals surface area contributed by atoms with E-state index in [1.54, 1.807) is 49.9 Å². The molecule has 9 heteroatoms. The first-order chi connectivity index (χ1) is 17.8. The van der Waals surface area contributed by atoms with Crippen LogP contribution in [0.15, 0.2) is 47.4 Å². The highest BCUT2D eigenvalue weighted by Gasteiger charge is 2.52. The van der Waals surface area contributed by atoms with Crippen molar-refractivity contribution in [1.82, 2.24) is 4.90 Å². The summed E-state index contributed by atoms with van der Waals surface area (Å²) in [5.74, 6) is -1.36. The van der Waals surface area contributed by atoms with Gasteiger partial charge < -0.3 is 4.74 Å². The molecule has 4 rings (SSSR count). The van der Waals surface area contributed by atoms with Crippen molar-refractivity contribution in [2.75, 3.05) is 6.26 Å². The Bertz CT molecular complexity index is 1380. The largest absolute Gasteiger partial charge is 0.444 e. The second-order valence-electron chi connectivity index (χ2n) is 11.4. The number of amides is 1. The van der Waals surface area contributed by atoms with Crippen LogP contribution in [0.1, 0.15) is 52.0 Å². The predicted octanol–water partition coefficient (Wildman–Crippen LogP) is 5.33. The van der Waals surface area contributed by atoms with Gasteiger partial charge in [0.2, 0.25) is 0 Å². The third kappa shape index (κ3) is 6.07. The zero-order valence-electron chi connectivity index (χ0n) is 22.1. The molecule has 2 aromatic carbocycles. The Morgan fingerprint density at radius 3 is 2.37 bits per heavy atom. The number of carbonyl (C=O) groups excluding carboxylic acids is 2. The second-order valence-corrected chi connectivity index (χ2v) is 13.4. The van der Waals surface area contributed by atoms with E-state index in [4.69, 9.17) is 4.74 Å². The van der Waals surface area contributed by atoms with Crippen LogP contribution in [0.2, 0.25) is 0 Å². The summed E-state index contributed by atoms with van der Waals surface area (Å²) in [4.78, 5) is 28.0. The molecule has 0 spiro atoms. The number of piperidine rings is 1. The summed E-state index contributed by atoms with van der Waals surface area (Å²) in [7, 11) is -3.33. The zero-order chi connectivity index (χ0) is 27.8. The number of rotatable bonds is 7. The van der Waals surface area contributed by atoms with E-state index in [2.05, 4.69) is 6.07 Å². The number of halogens is 1. The van der Waals surface area contributed by atoms with E-state index in [0.29, 0.717) is 16.7 Å². The number of hydrogen-bond acceptors (Lipinski definition) is 6. The minimum Gasteiger partial charge on any atom is -0.444 e. The Morgan fingerprint density at radius 2 is 1.79 bits per heavy atom. The monoisotopic (exact) mass is 540 g/mol. The van der Waals surface area contributed by atoms with Crippen molar-refractivity contribution in [3.05, 3.63) is 53.8 Å². The van der Waals surface area contributed by atoms with Crippen molar-refractivity contribution in [2.24, 2.45) is 11.8 Å².